The second-order valence-corrected chi connectivity index (χ2v) is 7.05. The van der Waals surface area contributed by atoms with E-state index in [0.717, 1.165) is 61.6 Å². The molecule has 1 N–H and O–H groups in total. The molecule has 0 spiro atoms. The molecule has 4 rings (SSSR count). The van der Waals surface area contributed by atoms with Crippen LogP contribution in [-0.2, 0) is 4.79 Å². The van der Waals surface area contributed by atoms with E-state index in [4.69, 9.17) is 4.74 Å². The Morgan fingerprint density at radius 3 is 2.35 bits per heavy atom. The third-order valence-corrected chi connectivity index (χ3v) is 5.15. The van der Waals surface area contributed by atoms with Gasteiger partial charge >= 0.3 is 0 Å². The van der Waals surface area contributed by atoms with Gasteiger partial charge in [0.25, 0.3) is 0 Å². The summed E-state index contributed by atoms with van der Waals surface area (Å²) in [4.78, 5) is 14.4. The number of hydrogen-bond acceptors (Lipinski definition) is 5. The standard InChI is InChI=1S/C20H24N4O2/c1-26-17-6-2-14(3-7-17)18-8-9-19(23-22-18)24-12-10-15(11-13-24)20(25)21-16-4-5-16/h2-3,6-9,15-16H,4-5,10-13H2,1H3,(H,21,25). The van der Waals surface area contributed by atoms with Crippen molar-refractivity contribution in [1.29, 1.82) is 0 Å². The Labute approximate surface area is 153 Å². The van der Waals surface area contributed by atoms with E-state index in [9.17, 15) is 4.79 Å². The zero-order chi connectivity index (χ0) is 17.9. The third kappa shape index (κ3) is 3.79. The lowest BCUT2D eigenvalue weighted by atomic mass is 9.96. The minimum atomic E-state index is 0.137. The number of aromatic nitrogens is 2. The van der Waals surface area contributed by atoms with E-state index in [-0.39, 0.29) is 11.8 Å². The fourth-order valence-corrected chi connectivity index (χ4v) is 3.33. The molecule has 0 unspecified atom stereocenters. The first-order valence-electron chi connectivity index (χ1n) is 9.26. The van der Waals surface area contributed by atoms with Crippen molar-refractivity contribution in [2.45, 2.75) is 31.7 Å². The summed E-state index contributed by atoms with van der Waals surface area (Å²) in [5.41, 5.74) is 1.86. The van der Waals surface area contributed by atoms with E-state index in [2.05, 4.69) is 20.4 Å². The Hall–Kier alpha value is -2.63. The summed E-state index contributed by atoms with van der Waals surface area (Å²) < 4.78 is 5.18. The molecule has 2 aromatic rings. The molecule has 2 aliphatic rings. The van der Waals surface area contributed by atoms with Gasteiger partial charge in [0, 0.05) is 30.6 Å². The number of carbonyl (C=O) groups is 1. The molecular formula is C20H24N4O2. The quantitative estimate of drug-likeness (QED) is 0.896. The highest BCUT2D eigenvalue weighted by Crippen LogP contribution is 2.26. The second kappa shape index (κ2) is 7.32. The van der Waals surface area contributed by atoms with Crippen molar-refractivity contribution in [2.24, 2.45) is 5.92 Å². The second-order valence-electron chi connectivity index (χ2n) is 7.05. The van der Waals surface area contributed by atoms with Crippen molar-refractivity contribution >= 4 is 11.7 Å². The molecule has 2 heterocycles. The topological polar surface area (TPSA) is 67.3 Å². The van der Waals surface area contributed by atoms with Crippen LogP contribution >= 0.6 is 0 Å². The lowest BCUT2D eigenvalue weighted by molar-refractivity contribution is -0.125. The van der Waals surface area contributed by atoms with Gasteiger partial charge < -0.3 is 15.0 Å². The molecule has 6 nitrogen and oxygen atoms in total. The van der Waals surface area contributed by atoms with Gasteiger partial charge in [-0.2, -0.15) is 0 Å². The zero-order valence-corrected chi connectivity index (χ0v) is 15.0. The van der Waals surface area contributed by atoms with Gasteiger partial charge in [0.05, 0.1) is 12.8 Å². The van der Waals surface area contributed by atoms with Crippen LogP contribution in [0.4, 0.5) is 5.82 Å². The minimum absolute atomic E-state index is 0.137. The lowest BCUT2D eigenvalue weighted by Gasteiger charge is -2.31. The van der Waals surface area contributed by atoms with Gasteiger partial charge in [0.2, 0.25) is 5.91 Å². The number of rotatable bonds is 5. The number of nitrogens with one attached hydrogen (secondary N) is 1. The van der Waals surface area contributed by atoms with Crippen LogP contribution in [0.5, 0.6) is 5.75 Å². The fraction of sp³-hybridized carbons (Fsp3) is 0.450. The first kappa shape index (κ1) is 16.8. The van der Waals surface area contributed by atoms with Crippen LogP contribution in [-0.4, -0.2) is 42.3 Å². The molecule has 136 valence electrons. The smallest absolute Gasteiger partial charge is 0.223 e. The molecule has 1 amide bonds. The normalized spacial score (nSPS) is 17.8. The average molecular weight is 352 g/mol. The summed E-state index contributed by atoms with van der Waals surface area (Å²) in [6.07, 6.45) is 4.03. The first-order valence-corrected chi connectivity index (χ1v) is 9.26. The number of ether oxygens (including phenoxy) is 1. The summed E-state index contributed by atoms with van der Waals surface area (Å²) in [6, 6.07) is 12.2. The zero-order valence-electron chi connectivity index (χ0n) is 15.0. The molecule has 0 bridgehead atoms. The van der Waals surface area contributed by atoms with Gasteiger partial charge in [-0.05, 0) is 62.1 Å². The van der Waals surface area contributed by atoms with Gasteiger partial charge in [-0.3, -0.25) is 4.79 Å². The third-order valence-electron chi connectivity index (χ3n) is 5.15. The Morgan fingerprint density at radius 1 is 1.04 bits per heavy atom. The molecule has 6 heteroatoms. The predicted molar refractivity (Wildman–Crippen MR) is 100 cm³/mol. The van der Waals surface area contributed by atoms with Crippen molar-refractivity contribution in [3.63, 3.8) is 0 Å². The number of anilines is 1. The summed E-state index contributed by atoms with van der Waals surface area (Å²) in [6.45, 7) is 1.69. The van der Waals surface area contributed by atoms with Crippen LogP contribution in [0.1, 0.15) is 25.7 Å². The molecule has 1 aliphatic carbocycles. The maximum atomic E-state index is 12.2. The number of piperidine rings is 1. The van der Waals surface area contributed by atoms with E-state index < -0.39 is 0 Å². The van der Waals surface area contributed by atoms with Gasteiger partial charge in [0.1, 0.15) is 5.75 Å². The maximum absolute atomic E-state index is 12.2. The number of carbonyl (C=O) groups excluding carboxylic acids is 1. The summed E-state index contributed by atoms with van der Waals surface area (Å²) in [5, 5.41) is 11.9. The summed E-state index contributed by atoms with van der Waals surface area (Å²) >= 11 is 0. The highest BCUT2D eigenvalue weighted by Gasteiger charge is 2.30. The van der Waals surface area contributed by atoms with E-state index in [1.807, 2.05) is 36.4 Å². The van der Waals surface area contributed by atoms with Gasteiger partial charge in [0.15, 0.2) is 5.82 Å². The Bertz CT molecular complexity index is 748. The lowest BCUT2D eigenvalue weighted by Crippen LogP contribution is -2.41. The Morgan fingerprint density at radius 2 is 1.77 bits per heavy atom. The van der Waals surface area contributed by atoms with Crippen molar-refractivity contribution in [1.82, 2.24) is 15.5 Å². The van der Waals surface area contributed by atoms with Crippen LogP contribution in [0.25, 0.3) is 11.3 Å². The van der Waals surface area contributed by atoms with Gasteiger partial charge in [-0.25, -0.2) is 0 Å². The molecule has 1 aromatic carbocycles. The molecule has 2 fully saturated rings. The van der Waals surface area contributed by atoms with E-state index in [1.54, 1.807) is 7.11 Å². The number of amides is 1. The number of hydrogen-bond donors (Lipinski definition) is 1. The first-order chi connectivity index (χ1) is 12.7. The highest BCUT2D eigenvalue weighted by atomic mass is 16.5. The molecular weight excluding hydrogens is 328 g/mol. The van der Waals surface area contributed by atoms with E-state index >= 15 is 0 Å². The van der Waals surface area contributed by atoms with Crippen molar-refractivity contribution in [3.8, 4) is 17.0 Å². The molecule has 0 atom stereocenters. The number of methoxy groups -OCH3 is 1. The van der Waals surface area contributed by atoms with E-state index in [1.165, 1.54) is 0 Å². The predicted octanol–water partition coefficient (Wildman–Crippen LogP) is 2.65. The molecule has 1 aliphatic heterocycles. The Balaban J connectivity index is 1.35. The van der Waals surface area contributed by atoms with Crippen LogP contribution in [0.3, 0.4) is 0 Å². The van der Waals surface area contributed by atoms with Crippen molar-refractivity contribution in [3.05, 3.63) is 36.4 Å². The maximum Gasteiger partial charge on any atom is 0.223 e. The van der Waals surface area contributed by atoms with Crippen LogP contribution in [0.2, 0.25) is 0 Å². The number of benzene rings is 1. The van der Waals surface area contributed by atoms with Crippen LogP contribution < -0.4 is 15.0 Å². The summed E-state index contributed by atoms with van der Waals surface area (Å²) in [7, 11) is 1.66. The molecule has 0 radical (unpaired) electrons. The summed E-state index contributed by atoms with van der Waals surface area (Å²) in [5.74, 6) is 2.07. The molecule has 26 heavy (non-hydrogen) atoms. The van der Waals surface area contributed by atoms with Gasteiger partial charge in [-0.15, -0.1) is 10.2 Å². The van der Waals surface area contributed by atoms with Crippen molar-refractivity contribution in [2.75, 3.05) is 25.1 Å². The van der Waals surface area contributed by atoms with Crippen LogP contribution in [0, 0.1) is 5.92 Å². The molecule has 1 saturated carbocycles. The molecule has 1 aromatic heterocycles. The Kier molecular flexibility index (Phi) is 4.73. The molecule has 1 saturated heterocycles. The largest absolute Gasteiger partial charge is 0.497 e. The van der Waals surface area contributed by atoms with Gasteiger partial charge in [-0.1, -0.05) is 0 Å². The monoisotopic (exact) mass is 352 g/mol. The highest BCUT2D eigenvalue weighted by molar-refractivity contribution is 5.79. The van der Waals surface area contributed by atoms with Crippen LogP contribution in [0.15, 0.2) is 36.4 Å². The van der Waals surface area contributed by atoms with E-state index in [0.29, 0.717) is 6.04 Å². The average Bonchev–Trinajstić information content (AvgIpc) is 3.52. The minimum Gasteiger partial charge on any atom is -0.497 e. The SMILES string of the molecule is COc1ccc(-c2ccc(N3CCC(C(=O)NC4CC4)CC3)nn2)cc1. The number of nitrogens with zero attached hydrogens (tertiary/aromatic N) is 3. The fourth-order valence-electron chi connectivity index (χ4n) is 3.33. The van der Waals surface area contributed by atoms with Crippen molar-refractivity contribution < 1.29 is 9.53 Å².